The molecule has 5 heteroatoms. The fraction of sp³-hybridized carbons (Fsp3) is 0. The summed E-state index contributed by atoms with van der Waals surface area (Å²) in [5.74, 6) is 0. The van der Waals surface area contributed by atoms with Gasteiger partial charge in [-0.1, -0.05) is 0 Å². The van der Waals surface area contributed by atoms with Crippen LogP contribution >= 0.6 is 11.8 Å². The Hall–Kier alpha value is -1.62. The van der Waals surface area contributed by atoms with Crippen LogP contribution in [0.15, 0.2) is 47.0 Å². The van der Waals surface area contributed by atoms with E-state index in [1.165, 1.54) is 11.8 Å². The van der Waals surface area contributed by atoms with Gasteiger partial charge in [-0.3, -0.25) is 4.98 Å². The minimum atomic E-state index is 0.643. The van der Waals surface area contributed by atoms with Gasteiger partial charge in [0.1, 0.15) is 0 Å². The first-order chi connectivity index (χ1) is 6.86. The summed E-state index contributed by atoms with van der Waals surface area (Å²) in [5.41, 5.74) is 6.37. The van der Waals surface area contributed by atoms with E-state index in [9.17, 15) is 0 Å². The van der Waals surface area contributed by atoms with E-state index in [2.05, 4.69) is 15.0 Å². The fourth-order valence-corrected chi connectivity index (χ4v) is 1.65. The van der Waals surface area contributed by atoms with Gasteiger partial charge in [0.05, 0.1) is 11.9 Å². The van der Waals surface area contributed by atoms with Gasteiger partial charge in [0, 0.05) is 23.5 Å². The highest BCUT2D eigenvalue weighted by atomic mass is 32.2. The van der Waals surface area contributed by atoms with E-state index in [0.29, 0.717) is 10.8 Å². The molecule has 0 aliphatic heterocycles. The predicted octanol–water partition coefficient (Wildman–Crippen LogP) is 1.61. The highest BCUT2D eigenvalue weighted by Crippen LogP contribution is 2.27. The predicted molar refractivity (Wildman–Crippen MR) is 54.8 cm³/mol. The molecule has 2 aromatic rings. The standard InChI is InChI=1S/C9H8N4S/c10-7-6-11-5-2-8(7)14-9-12-3-1-4-13-9/h1-6H,10H2. The van der Waals surface area contributed by atoms with Crippen LogP contribution < -0.4 is 5.73 Å². The van der Waals surface area contributed by atoms with Crippen molar-refractivity contribution in [1.82, 2.24) is 15.0 Å². The molecule has 0 saturated carbocycles. The molecule has 0 atom stereocenters. The van der Waals surface area contributed by atoms with Crippen molar-refractivity contribution >= 4 is 17.4 Å². The third-order valence-corrected chi connectivity index (χ3v) is 2.54. The number of aromatic nitrogens is 3. The monoisotopic (exact) mass is 204 g/mol. The van der Waals surface area contributed by atoms with Gasteiger partial charge in [-0.25, -0.2) is 9.97 Å². The lowest BCUT2D eigenvalue weighted by Gasteiger charge is -2.01. The second-order valence-electron chi connectivity index (χ2n) is 2.55. The Morgan fingerprint density at radius 3 is 2.64 bits per heavy atom. The second kappa shape index (κ2) is 4.06. The molecule has 0 radical (unpaired) electrons. The van der Waals surface area contributed by atoms with Crippen molar-refractivity contribution in [3.63, 3.8) is 0 Å². The lowest BCUT2D eigenvalue weighted by molar-refractivity contribution is 0.967. The number of pyridine rings is 1. The molecule has 0 bridgehead atoms. The molecular weight excluding hydrogens is 196 g/mol. The summed E-state index contributed by atoms with van der Waals surface area (Å²) in [6.07, 6.45) is 6.71. The van der Waals surface area contributed by atoms with E-state index >= 15 is 0 Å². The molecule has 0 unspecified atom stereocenters. The maximum atomic E-state index is 5.73. The zero-order chi connectivity index (χ0) is 9.80. The lowest BCUT2D eigenvalue weighted by atomic mass is 10.4. The molecule has 0 aliphatic carbocycles. The summed E-state index contributed by atoms with van der Waals surface area (Å²) in [5, 5.41) is 0.686. The summed E-state index contributed by atoms with van der Waals surface area (Å²) < 4.78 is 0. The Kier molecular flexibility index (Phi) is 2.60. The highest BCUT2D eigenvalue weighted by Gasteiger charge is 2.02. The van der Waals surface area contributed by atoms with Gasteiger partial charge in [0.2, 0.25) is 0 Å². The van der Waals surface area contributed by atoms with Crippen LogP contribution in [0.1, 0.15) is 0 Å². The molecular formula is C9H8N4S. The molecule has 2 heterocycles. The summed E-state index contributed by atoms with van der Waals surface area (Å²) in [6.45, 7) is 0. The van der Waals surface area contributed by atoms with Crippen molar-refractivity contribution in [3.05, 3.63) is 36.9 Å². The summed E-state index contributed by atoms with van der Waals surface area (Å²) >= 11 is 1.43. The average Bonchev–Trinajstić information content (AvgIpc) is 2.23. The molecule has 2 rings (SSSR count). The fourth-order valence-electron chi connectivity index (χ4n) is 0.923. The Morgan fingerprint density at radius 2 is 1.93 bits per heavy atom. The summed E-state index contributed by atoms with van der Waals surface area (Å²) in [6, 6.07) is 3.62. The van der Waals surface area contributed by atoms with Crippen molar-refractivity contribution in [3.8, 4) is 0 Å². The summed E-state index contributed by atoms with van der Waals surface area (Å²) in [4.78, 5) is 13.0. The number of hydrogen-bond donors (Lipinski definition) is 1. The van der Waals surface area contributed by atoms with Crippen LogP contribution in [-0.4, -0.2) is 15.0 Å². The molecule has 2 N–H and O–H groups in total. The maximum Gasteiger partial charge on any atom is 0.192 e. The molecule has 14 heavy (non-hydrogen) atoms. The van der Waals surface area contributed by atoms with Gasteiger partial charge in [0.25, 0.3) is 0 Å². The van der Waals surface area contributed by atoms with Crippen LogP contribution in [0, 0.1) is 0 Å². The van der Waals surface area contributed by atoms with Gasteiger partial charge in [-0.15, -0.1) is 0 Å². The van der Waals surface area contributed by atoms with Gasteiger partial charge in [-0.2, -0.15) is 0 Å². The van der Waals surface area contributed by atoms with Crippen LogP contribution in [0.2, 0.25) is 0 Å². The van der Waals surface area contributed by atoms with Crippen molar-refractivity contribution in [2.24, 2.45) is 0 Å². The minimum absolute atomic E-state index is 0.643. The van der Waals surface area contributed by atoms with E-state index in [1.54, 1.807) is 30.9 Å². The second-order valence-corrected chi connectivity index (χ2v) is 3.56. The van der Waals surface area contributed by atoms with Crippen LogP contribution in [0.3, 0.4) is 0 Å². The van der Waals surface area contributed by atoms with E-state index in [1.807, 2.05) is 6.07 Å². The maximum absolute atomic E-state index is 5.73. The van der Waals surface area contributed by atoms with Gasteiger partial charge in [0.15, 0.2) is 5.16 Å². The van der Waals surface area contributed by atoms with Crippen molar-refractivity contribution in [2.75, 3.05) is 5.73 Å². The molecule has 0 spiro atoms. The van der Waals surface area contributed by atoms with Crippen LogP contribution in [0.4, 0.5) is 5.69 Å². The molecule has 0 amide bonds. The first kappa shape index (κ1) is 8.96. The lowest BCUT2D eigenvalue weighted by Crippen LogP contribution is -1.90. The van der Waals surface area contributed by atoms with Crippen LogP contribution in [0.5, 0.6) is 0 Å². The molecule has 0 fully saturated rings. The van der Waals surface area contributed by atoms with Crippen LogP contribution in [0.25, 0.3) is 0 Å². The summed E-state index contributed by atoms with van der Waals surface area (Å²) in [7, 11) is 0. The van der Waals surface area contributed by atoms with Gasteiger partial charge in [-0.05, 0) is 23.9 Å². The number of rotatable bonds is 2. The SMILES string of the molecule is Nc1cnccc1Sc1ncccn1. The van der Waals surface area contributed by atoms with Crippen molar-refractivity contribution < 1.29 is 0 Å². The van der Waals surface area contributed by atoms with E-state index in [-0.39, 0.29) is 0 Å². The zero-order valence-electron chi connectivity index (χ0n) is 7.29. The Bertz CT molecular complexity index is 418. The highest BCUT2D eigenvalue weighted by molar-refractivity contribution is 7.99. The smallest absolute Gasteiger partial charge is 0.192 e. The zero-order valence-corrected chi connectivity index (χ0v) is 8.11. The van der Waals surface area contributed by atoms with E-state index in [0.717, 1.165) is 4.90 Å². The first-order valence-electron chi connectivity index (χ1n) is 4.00. The van der Waals surface area contributed by atoms with Gasteiger partial charge >= 0.3 is 0 Å². The van der Waals surface area contributed by atoms with Crippen molar-refractivity contribution in [1.29, 1.82) is 0 Å². The molecule has 0 saturated heterocycles. The normalized spacial score (nSPS) is 10.0. The number of nitrogen functional groups attached to an aromatic ring is 1. The largest absolute Gasteiger partial charge is 0.397 e. The minimum Gasteiger partial charge on any atom is -0.397 e. The van der Waals surface area contributed by atoms with E-state index < -0.39 is 0 Å². The van der Waals surface area contributed by atoms with Crippen molar-refractivity contribution in [2.45, 2.75) is 10.1 Å². The third kappa shape index (κ3) is 2.00. The quantitative estimate of drug-likeness (QED) is 0.753. The molecule has 2 aromatic heterocycles. The molecule has 0 aromatic carbocycles. The molecule has 70 valence electrons. The van der Waals surface area contributed by atoms with Crippen LogP contribution in [-0.2, 0) is 0 Å². The number of nitrogens with two attached hydrogens (primary N) is 1. The Balaban J connectivity index is 2.24. The molecule has 0 aliphatic rings. The first-order valence-corrected chi connectivity index (χ1v) is 4.82. The Labute approximate surface area is 85.6 Å². The van der Waals surface area contributed by atoms with E-state index in [4.69, 9.17) is 5.73 Å². The number of anilines is 1. The topological polar surface area (TPSA) is 64.7 Å². The molecule has 4 nitrogen and oxygen atoms in total. The van der Waals surface area contributed by atoms with Gasteiger partial charge < -0.3 is 5.73 Å². The number of nitrogens with zero attached hydrogens (tertiary/aromatic N) is 3. The third-order valence-electron chi connectivity index (χ3n) is 1.55. The average molecular weight is 204 g/mol. The number of hydrogen-bond acceptors (Lipinski definition) is 5. The Morgan fingerprint density at radius 1 is 1.14 bits per heavy atom.